The number of aromatic carboxylic acids is 1. The Morgan fingerprint density at radius 3 is 2.18 bits per heavy atom. The molecular formula is C23H14N2O9. The molecule has 170 valence electrons. The maximum atomic E-state index is 13.0. The molecule has 11 nitrogen and oxygen atoms in total. The molecule has 1 aliphatic heterocycles. The van der Waals surface area contributed by atoms with E-state index in [2.05, 4.69) is 0 Å². The zero-order valence-corrected chi connectivity index (χ0v) is 17.4. The van der Waals surface area contributed by atoms with Gasteiger partial charge in [0.1, 0.15) is 22.8 Å². The van der Waals surface area contributed by atoms with Crippen molar-refractivity contribution in [3.8, 4) is 17.2 Å². The number of hydrogen-bond donors (Lipinski definition) is 1. The number of nitrogens with zero attached hydrogens (tertiary/aromatic N) is 2. The van der Waals surface area contributed by atoms with Gasteiger partial charge in [0.2, 0.25) is 0 Å². The van der Waals surface area contributed by atoms with Crippen molar-refractivity contribution in [2.75, 3.05) is 4.90 Å². The summed E-state index contributed by atoms with van der Waals surface area (Å²) in [5, 5.41) is 20.2. The molecule has 0 aliphatic carbocycles. The van der Waals surface area contributed by atoms with E-state index in [1.807, 2.05) is 0 Å². The van der Waals surface area contributed by atoms with Crippen LogP contribution in [0.4, 0.5) is 11.4 Å². The van der Waals surface area contributed by atoms with Crippen molar-refractivity contribution < 1.29 is 38.7 Å². The maximum Gasteiger partial charge on any atom is 0.339 e. The van der Waals surface area contributed by atoms with Gasteiger partial charge in [-0.25, -0.2) is 9.69 Å². The Balaban J connectivity index is 1.63. The fourth-order valence-electron chi connectivity index (χ4n) is 3.36. The van der Waals surface area contributed by atoms with Crippen molar-refractivity contribution in [1.82, 2.24) is 0 Å². The van der Waals surface area contributed by atoms with Crippen LogP contribution in [-0.2, 0) is 4.79 Å². The van der Waals surface area contributed by atoms with E-state index in [1.165, 1.54) is 54.6 Å². The SMILES string of the molecule is CC(=O)Oc1ccc(N2C(=O)c3ccc(Oc4ccc([N+](=O)[O-])cc4)cc3C2=O)cc1C(=O)O. The molecule has 0 saturated carbocycles. The van der Waals surface area contributed by atoms with Crippen molar-refractivity contribution >= 4 is 35.1 Å². The van der Waals surface area contributed by atoms with E-state index in [1.54, 1.807) is 0 Å². The number of carbonyl (C=O) groups is 4. The van der Waals surface area contributed by atoms with Gasteiger partial charge in [-0.2, -0.15) is 0 Å². The number of imide groups is 1. The first-order valence-electron chi connectivity index (χ1n) is 9.66. The van der Waals surface area contributed by atoms with Crippen LogP contribution < -0.4 is 14.4 Å². The van der Waals surface area contributed by atoms with Crippen LogP contribution in [0.2, 0.25) is 0 Å². The third kappa shape index (κ3) is 4.05. The number of esters is 1. The number of hydrogen-bond acceptors (Lipinski definition) is 8. The highest BCUT2D eigenvalue weighted by Crippen LogP contribution is 2.34. The Kier molecular flexibility index (Phi) is 5.51. The Bertz CT molecular complexity index is 1380. The van der Waals surface area contributed by atoms with Crippen LogP contribution in [0.15, 0.2) is 60.7 Å². The van der Waals surface area contributed by atoms with E-state index in [-0.39, 0.29) is 39.8 Å². The standard InChI is InChI=1S/C23H14N2O9/c1-12(26)33-20-9-4-14(10-19(20)23(29)30)24-21(27)17-8-7-16(11-18(17)22(24)28)34-15-5-2-13(3-6-15)25(31)32/h2-11H,1H3,(H,29,30). The summed E-state index contributed by atoms with van der Waals surface area (Å²) in [6.07, 6.45) is 0. The van der Waals surface area contributed by atoms with Crippen molar-refractivity contribution in [1.29, 1.82) is 0 Å². The summed E-state index contributed by atoms with van der Waals surface area (Å²) in [5.74, 6) is -3.23. The lowest BCUT2D eigenvalue weighted by molar-refractivity contribution is -0.384. The molecule has 3 aromatic rings. The average molecular weight is 462 g/mol. The number of fused-ring (bicyclic) bond motifs is 1. The van der Waals surface area contributed by atoms with E-state index in [4.69, 9.17) is 9.47 Å². The normalized spacial score (nSPS) is 12.3. The molecule has 0 fully saturated rings. The molecule has 1 N–H and O–H groups in total. The number of amides is 2. The van der Waals surface area contributed by atoms with Gasteiger partial charge in [-0.15, -0.1) is 0 Å². The van der Waals surface area contributed by atoms with Crippen molar-refractivity contribution in [2.24, 2.45) is 0 Å². The number of rotatable bonds is 6. The highest BCUT2D eigenvalue weighted by molar-refractivity contribution is 6.34. The summed E-state index contributed by atoms with van der Waals surface area (Å²) in [5.41, 5.74) is -0.408. The number of benzene rings is 3. The third-order valence-electron chi connectivity index (χ3n) is 4.85. The second-order valence-corrected chi connectivity index (χ2v) is 7.09. The lowest BCUT2D eigenvalue weighted by atomic mass is 10.1. The highest BCUT2D eigenvalue weighted by atomic mass is 16.6. The molecule has 11 heteroatoms. The van der Waals surface area contributed by atoms with Gasteiger partial charge in [0, 0.05) is 19.1 Å². The van der Waals surface area contributed by atoms with Crippen LogP contribution >= 0.6 is 0 Å². The van der Waals surface area contributed by atoms with E-state index in [0.29, 0.717) is 0 Å². The molecule has 0 radical (unpaired) electrons. The number of anilines is 1. The maximum absolute atomic E-state index is 13.0. The predicted octanol–water partition coefficient (Wildman–Crippen LogP) is 3.81. The minimum atomic E-state index is -1.41. The first kappa shape index (κ1) is 22.1. The number of non-ortho nitro benzene ring substituents is 1. The van der Waals surface area contributed by atoms with Gasteiger partial charge in [-0.1, -0.05) is 0 Å². The van der Waals surface area contributed by atoms with Gasteiger partial charge in [-0.05, 0) is 48.5 Å². The van der Waals surface area contributed by atoms with Gasteiger partial charge in [0.15, 0.2) is 0 Å². The Hall–Kier alpha value is -5.06. The molecule has 4 rings (SSSR count). The third-order valence-corrected chi connectivity index (χ3v) is 4.85. The smallest absolute Gasteiger partial charge is 0.339 e. The summed E-state index contributed by atoms with van der Waals surface area (Å²) in [7, 11) is 0. The molecule has 0 bridgehead atoms. The molecule has 2 amide bonds. The molecule has 3 aromatic carbocycles. The Morgan fingerprint density at radius 1 is 0.912 bits per heavy atom. The number of nitro benzene ring substituents is 1. The first-order chi connectivity index (χ1) is 16.2. The molecule has 0 saturated heterocycles. The molecule has 34 heavy (non-hydrogen) atoms. The number of carbonyl (C=O) groups excluding carboxylic acids is 3. The molecule has 0 unspecified atom stereocenters. The fourth-order valence-corrected chi connectivity index (χ4v) is 3.36. The van der Waals surface area contributed by atoms with Crippen LogP contribution in [0, 0.1) is 10.1 Å². The van der Waals surface area contributed by atoms with Gasteiger partial charge >= 0.3 is 11.9 Å². The minimum absolute atomic E-state index is 0.0164. The number of carboxylic acid groups (broad SMARTS) is 1. The van der Waals surface area contributed by atoms with Gasteiger partial charge in [-0.3, -0.25) is 24.5 Å². The summed E-state index contributed by atoms with van der Waals surface area (Å²) in [6, 6.07) is 13.1. The molecule has 1 heterocycles. The quantitative estimate of drug-likeness (QED) is 0.189. The van der Waals surface area contributed by atoms with Crippen LogP contribution in [-0.4, -0.2) is 33.8 Å². The highest BCUT2D eigenvalue weighted by Gasteiger charge is 2.37. The van der Waals surface area contributed by atoms with Crippen LogP contribution in [0.3, 0.4) is 0 Å². The molecule has 0 atom stereocenters. The Morgan fingerprint density at radius 2 is 1.56 bits per heavy atom. The van der Waals surface area contributed by atoms with E-state index < -0.39 is 34.2 Å². The number of ether oxygens (including phenoxy) is 2. The molecular weight excluding hydrogens is 448 g/mol. The minimum Gasteiger partial charge on any atom is -0.478 e. The summed E-state index contributed by atoms with van der Waals surface area (Å²) < 4.78 is 10.5. The van der Waals surface area contributed by atoms with Crippen molar-refractivity contribution in [3.05, 3.63) is 87.5 Å². The molecule has 0 aromatic heterocycles. The topological polar surface area (TPSA) is 153 Å². The predicted molar refractivity (Wildman–Crippen MR) is 115 cm³/mol. The van der Waals surface area contributed by atoms with Crippen LogP contribution in [0.25, 0.3) is 0 Å². The van der Waals surface area contributed by atoms with Crippen LogP contribution in [0.1, 0.15) is 38.0 Å². The van der Waals surface area contributed by atoms with Gasteiger partial charge < -0.3 is 14.6 Å². The zero-order chi connectivity index (χ0) is 24.6. The summed E-state index contributed by atoms with van der Waals surface area (Å²) >= 11 is 0. The zero-order valence-electron chi connectivity index (χ0n) is 17.4. The van der Waals surface area contributed by atoms with E-state index in [0.717, 1.165) is 17.9 Å². The largest absolute Gasteiger partial charge is 0.478 e. The first-order valence-corrected chi connectivity index (χ1v) is 9.66. The van der Waals surface area contributed by atoms with Crippen molar-refractivity contribution in [3.63, 3.8) is 0 Å². The fraction of sp³-hybridized carbons (Fsp3) is 0.0435. The summed E-state index contributed by atoms with van der Waals surface area (Å²) in [4.78, 5) is 59.8. The monoisotopic (exact) mass is 462 g/mol. The number of nitro groups is 1. The van der Waals surface area contributed by atoms with E-state index >= 15 is 0 Å². The summed E-state index contributed by atoms with van der Waals surface area (Å²) in [6.45, 7) is 1.11. The van der Waals surface area contributed by atoms with Gasteiger partial charge in [0.05, 0.1) is 21.7 Å². The number of carboxylic acids is 1. The van der Waals surface area contributed by atoms with Gasteiger partial charge in [0.25, 0.3) is 17.5 Å². The second-order valence-electron chi connectivity index (χ2n) is 7.09. The molecule has 1 aliphatic rings. The average Bonchev–Trinajstić information content (AvgIpc) is 3.03. The Labute approximate surface area is 190 Å². The second kappa shape index (κ2) is 8.47. The van der Waals surface area contributed by atoms with E-state index in [9.17, 15) is 34.4 Å². The molecule has 0 spiro atoms. The lowest BCUT2D eigenvalue weighted by Crippen LogP contribution is -2.29. The van der Waals surface area contributed by atoms with Crippen LogP contribution in [0.5, 0.6) is 17.2 Å². The van der Waals surface area contributed by atoms with Crippen molar-refractivity contribution in [2.45, 2.75) is 6.92 Å². The lowest BCUT2D eigenvalue weighted by Gasteiger charge is -2.15.